The number of piperidine rings is 1. The van der Waals surface area contributed by atoms with Gasteiger partial charge < -0.3 is 14.4 Å². The Kier molecular flexibility index (Phi) is 7.50. The molecule has 6 rings (SSSR count). The van der Waals surface area contributed by atoms with Crippen molar-refractivity contribution in [2.75, 3.05) is 37.6 Å². The molecule has 1 atom stereocenters. The quantitative estimate of drug-likeness (QED) is 0.312. The van der Waals surface area contributed by atoms with E-state index in [2.05, 4.69) is 50.7 Å². The van der Waals surface area contributed by atoms with Gasteiger partial charge in [0.05, 0.1) is 0 Å². The summed E-state index contributed by atoms with van der Waals surface area (Å²) in [5, 5.41) is 0.795. The van der Waals surface area contributed by atoms with Gasteiger partial charge in [0.15, 0.2) is 0 Å². The minimum atomic E-state index is -0.111. The maximum absolute atomic E-state index is 14.7. The molecule has 3 heterocycles. The normalized spacial score (nSPS) is 21.5. The van der Waals surface area contributed by atoms with Crippen molar-refractivity contribution in [2.45, 2.75) is 57.4 Å². The molecule has 1 aliphatic carbocycles. The van der Waals surface area contributed by atoms with Crippen LogP contribution in [0, 0.1) is 30.5 Å². The van der Waals surface area contributed by atoms with E-state index in [0.717, 1.165) is 49.5 Å². The molecule has 3 aromatic rings. The van der Waals surface area contributed by atoms with Gasteiger partial charge in [-0.3, -0.25) is 0 Å². The predicted octanol–water partition coefficient (Wildman–Crippen LogP) is 6.96. The SMILES string of the molecule is Cc1nccn1CC(c1cccc(F)c1)(C1CCCC1)C1CCN(CC2CN(c3ccc(Cl)cc3)C2)CC1. The van der Waals surface area contributed by atoms with Crippen molar-refractivity contribution >= 4 is 17.3 Å². The molecule has 3 aliphatic rings. The van der Waals surface area contributed by atoms with Crippen LogP contribution in [0.1, 0.15) is 49.9 Å². The highest BCUT2D eigenvalue weighted by molar-refractivity contribution is 6.30. The van der Waals surface area contributed by atoms with Gasteiger partial charge in [-0.15, -0.1) is 0 Å². The molecule has 1 unspecified atom stereocenters. The van der Waals surface area contributed by atoms with E-state index in [1.54, 1.807) is 6.07 Å². The fourth-order valence-electron chi connectivity index (χ4n) is 7.77. The van der Waals surface area contributed by atoms with E-state index in [4.69, 9.17) is 11.6 Å². The highest BCUT2D eigenvalue weighted by Crippen LogP contribution is 2.51. The molecule has 3 fully saturated rings. The van der Waals surface area contributed by atoms with E-state index in [-0.39, 0.29) is 11.2 Å². The number of nitrogens with zero attached hydrogens (tertiary/aromatic N) is 4. The van der Waals surface area contributed by atoms with Crippen LogP contribution >= 0.6 is 11.6 Å². The number of aryl methyl sites for hydroxylation is 1. The molecular weight excluding hydrogens is 495 g/mol. The molecule has 1 saturated carbocycles. The minimum Gasteiger partial charge on any atom is -0.371 e. The Bertz CT molecular complexity index is 1210. The molecule has 6 heteroatoms. The first kappa shape index (κ1) is 25.9. The van der Waals surface area contributed by atoms with Crippen LogP contribution in [-0.2, 0) is 12.0 Å². The van der Waals surface area contributed by atoms with Gasteiger partial charge in [-0.25, -0.2) is 9.37 Å². The Morgan fingerprint density at radius 2 is 1.68 bits per heavy atom. The number of rotatable bonds is 8. The van der Waals surface area contributed by atoms with Crippen LogP contribution < -0.4 is 4.90 Å². The molecule has 0 radical (unpaired) electrons. The average Bonchev–Trinajstić information content (AvgIpc) is 3.58. The Balaban J connectivity index is 1.18. The molecular formula is C32H40ClFN4. The van der Waals surface area contributed by atoms with Gasteiger partial charge in [0.2, 0.25) is 0 Å². The molecule has 0 bridgehead atoms. The van der Waals surface area contributed by atoms with Gasteiger partial charge in [0.1, 0.15) is 11.6 Å². The second kappa shape index (κ2) is 11.0. The van der Waals surface area contributed by atoms with Gasteiger partial charge >= 0.3 is 0 Å². The van der Waals surface area contributed by atoms with E-state index in [0.29, 0.717) is 11.8 Å². The fourth-order valence-corrected chi connectivity index (χ4v) is 7.90. The smallest absolute Gasteiger partial charge is 0.123 e. The molecule has 1 aromatic heterocycles. The second-order valence-corrected chi connectivity index (χ2v) is 12.4. The van der Waals surface area contributed by atoms with E-state index < -0.39 is 0 Å². The number of anilines is 1. The summed E-state index contributed by atoms with van der Waals surface area (Å²) >= 11 is 6.07. The standard InChI is InChI=1S/C32H40ClFN4/c1-24-35-15-18-37(24)23-32(26-5-2-3-6-26,28-7-4-8-30(34)19-28)27-13-16-36(17-14-27)20-25-21-38(22-25)31-11-9-29(33)10-12-31/h4,7-12,15,18-19,25-27H,2-3,5-6,13-14,16-17,20-23H2,1H3. The van der Waals surface area contributed by atoms with Crippen LogP contribution in [0.4, 0.5) is 10.1 Å². The Labute approximate surface area is 231 Å². The van der Waals surface area contributed by atoms with Crippen molar-refractivity contribution in [3.63, 3.8) is 0 Å². The highest BCUT2D eigenvalue weighted by Gasteiger charge is 2.48. The van der Waals surface area contributed by atoms with Crippen molar-refractivity contribution in [3.05, 3.63) is 83.2 Å². The topological polar surface area (TPSA) is 24.3 Å². The van der Waals surface area contributed by atoms with E-state index in [1.807, 2.05) is 30.5 Å². The van der Waals surface area contributed by atoms with Crippen LogP contribution in [0.2, 0.25) is 5.02 Å². The van der Waals surface area contributed by atoms with Crippen LogP contribution in [-0.4, -0.2) is 47.2 Å². The summed E-state index contributed by atoms with van der Waals surface area (Å²) in [5.74, 6) is 2.79. The van der Waals surface area contributed by atoms with Crippen molar-refractivity contribution in [1.29, 1.82) is 0 Å². The predicted molar refractivity (Wildman–Crippen MR) is 153 cm³/mol. The van der Waals surface area contributed by atoms with Gasteiger partial charge in [0.25, 0.3) is 0 Å². The fraction of sp³-hybridized carbons (Fsp3) is 0.531. The Hall–Kier alpha value is -2.37. The maximum Gasteiger partial charge on any atom is 0.123 e. The number of hydrogen-bond acceptors (Lipinski definition) is 3. The summed E-state index contributed by atoms with van der Waals surface area (Å²) in [6.45, 7) is 8.68. The lowest BCUT2D eigenvalue weighted by Gasteiger charge is -2.50. The molecule has 202 valence electrons. The zero-order valence-corrected chi connectivity index (χ0v) is 23.3. The molecule has 4 nitrogen and oxygen atoms in total. The monoisotopic (exact) mass is 534 g/mol. The number of imidazole rings is 1. The third-order valence-corrected chi connectivity index (χ3v) is 10.0. The largest absolute Gasteiger partial charge is 0.371 e. The van der Waals surface area contributed by atoms with Gasteiger partial charge in [0, 0.05) is 60.6 Å². The minimum absolute atomic E-state index is 0.0575. The number of aromatic nitrogens is 2. The first-order chi connectivity index (χ1) is 18.5. The molecule has 0 N–H and O–H groups in total. The lowest BCUT2D eigenvalue weighted by Crippen LogP contribution is -2.54. The third kappa shape index (κ3) is 5.12. The summed E-state index contributed by atoms with van der Waals surface area (Å²) in [6, 6.07) is 15.8. The average molecular weight is 535 g/mol. The molecule has 2 aliphatic heterocycles. The van der Waals surface area contributed by atoms with E-state index in [1.165, 1.54) is 56.3 Å². The highest BCUT2D eigenvalue weighted by atomic mass is 35.5. The van der Waals surface area contributed by atoms with Gasteiger partial charge in [-0.05, 0) is 99.5 Å². The summed E-state index contributed by atoms with van der Waals surface area (Å²) in [6.07, 6.45) is 11.4. The summed E-state index contributed by atoms with van der Waals surface area (Å²) in [7, 11) is 0. The van der Waals surface area contributed by atoms with Crippen LogP contribution in [0.15, 0.2) is 60.9 Å². The van der Waals surface area contributed by atoms with Crippen molar-refractivity contribution < 1.29 is 4.39 Å². The first-order valence-electron chi connectivity index (χ1n) is 14.5. The van der Waals surface area contributed by atoms with Crippen LogP contribution in [0.3, 0.4) is 0 Å². The maximum atomic E-state index is 14.7. The molecule has 2 saturated heterocycles. The van der Waals surface area contributed by atoms with E-state index >= 15 is 0 Å². The van der Waals surface area contributed by atoms with Crippen LogP contribution in [0.5, 0.6) is 0 Å². The van der Waals surface area contributed by atoms with Crippen molar-refractivity contribution in [2.24, 2.45) is 17.8 Å². The summed E-state index contributed by atoms with van der Waals surface area (Å²) in [5.41, 5.74) is 2.42. The van der Waals surface area contributed by atoms with Gasteiger partial charge in [-0.1, -0.05) is 36.6 Å². The Morgan fingerprint density at radius 1 is 0.974 bits per heavy atom. The van der Waals surface area contributed by atoms with E-state index in [9.17, 15) is 4.39 Å². The third-order valence-electron chi connectivity index (χ3n) is 9.78. The zero-order valence-electron chi connectivity index (χ0n) is 22.5. The number of likely N-dealkylation sites (tertiary alicyclic amines) is 1. The molecule has 0 spiro atoms. The number of benzene rings is 2. The molecule has 38 heavy (non-hydrogen) atoms. The number of halogens is 2. The second-order valence-electron chi connectivity index (χ2n) is 12.0. The lowest BCUT2D eigenvalue weighted by atomic mass is 9.59. The Morgan fingerprint density at radius 3 is 2.34 bits per heavy atom. The molecule has 2 aromatic carbocycles. The van der Waals surface area contributed by atoms with Gasteiger partial charge in [-0.2, -0.15) is 0 Å². The van der Waals surface area contributed by atoms with Crippen molar-refractivity contribution in [3.8, 4) is 0 Å². The van der Waals surface area contributed by atoms with Crippen molar-refractivity contribution in [1.82, 2.24) is 14.5 Å². The lowest BCUT2D eigenvalue weighted by molar-refractivity contribution is 0.0640. The number of hydrogen-bond donors (Lipinski definition) is 0. The molecule has 0 amide bonds. The summed E-state index contributed by atoms with van der Waals surface area (Å²) in [4.78, 5) is 9.69. The summed E-state index contributed by atoms with van der Waals surface area (Å²) < 4.78 is 17.0. The zero-order chi connectivity index (χ0) is 26.1. The first-order valence-corrected chi connectivity index (χ1v) is 14.9. The van der Waals surface area contributed by atoms with Crippen LogP contribution in [0.25, 0.3) is 0 Å².